The Hall–Kier alpha value is -1.43. The zero-order valence-corrected chi connectivity index (χ0v) is 12.6. The first kappa shape index (κ1) is 15.0. The molecule has 3 unspecified atom stereocenters. The summed E-state index contributed by atoms with van der Waals surface area (Å²) in [5, 5.41) is 9.65. The molecule has 0 radical (unpaired) electrons. The Balaban J connectivity index is 1.71. The monoisotopic (exact) mass is 279 g/mol. The zero-order valence-electron chi connectivity index (χ0n) is 12.6. The number of aromatic nitrogens is 3. The van der Waals surface area contributed by atoms with Crippen LogP contribution in [0.4, 0.5) is 0 Å². The van der Waals surface area contributed by atoms with Crippen LogP contribution in [-0.4, -0.2) is 50.7 Å². The van der Waals surface area contributed by atoms with Crippen molar-refractivity contribution < 1.29 is 4.79 Å². The van der Waals surface area contributed by atoms with Crippen LogP contribution in [0.25, 0.3) is 0 Å². The molecule has 6 heteroatoms. The van der Waals surface area contributed by atoms with Gasteiger partial charge in [0.15, 0.2) is 0 Å². The summed E-state index contributed by atoms with van der Waals surface area (Å²) in [7, 11) is 0. The molecular weight excluding hydrogens is 254 g/mol. The normalized spacial score (nSPS) is 24.8. The predicted octanol–water partition coefficient (Wildman–Crippen LogP) is 1.11. The van der Waals surface area contributed by atoms with Crippen LogP contribution in [0.2, 0.25) is 0 Å². The fraction of sp³-hybridized carbons (Fsp3) is 0.786. The Morgan fingerprint density at radius 3 is 2.80 bits per heavy atom. The summed E-state index contributed by atoms with van der Waals surface area (Å²) in [5.74, 6) is 0.997. The molecule has 0 saturated carbocycles. The first-order valence-corrected chi connectivity index (χ1v) is 7.49. The van der Waals surface area contributed by atoms with E-state index in [2.05, 4.69) is 39.2 Å². The van der Waals surface area contributed by atoms with E-state index in [0.717, 1.165) is 18.7 Å². The number of amides is 1. The summed E-state index contributed by atoms with van der Waals surface area (Å²) in [6, 6.07) is 0.952. The molecule has 2 N–H and O–H groups in total. The van der Waals surface area contributed by atoms with Gasteiger partial charge in [0.1, 0.15) is 12.2 Å². The van der Waals surface area contributed by atoms with E-state index in [9.17, 15) is 4.79 Å². The second kappa shape index (κ2) is 6.83. The number of carbonyl (C=O) groups excluding carboxylic acids is 1. The summed E-state index contributed by atoms with van der Waals surface area (Å²) >= 11 is 0. The molecule has 20 heavy (non-hydrogen) atoms. The van der Waals surface area contributed by atoms with Gasteiger partial charge in [-0.2, -0.15) is 5.10 Å². The lowest BCUT2D eigenvalue weighted by Crippen LogP contribution is -2.49. The molecule has 112 valence electrons. The van der Waals surface area contributed by atoms with Crippen molar-refractivity contribution in [3.8, 4) is 0 Å². The highest BCUT2D eigenvalue weighted by atomic mass is 16.2. The fourth-order valence-corrected chi connectivity index (χ4v) is 3.08. The number of nitrogens with zero attached hydrogens (tertiary/aromatic N) is 3. The molecule has 3 atom stereocenters. The Labute approximate surface area is 120 Å². The van der Waals surface area contributed by atoms with Crippen molar-refractivity contribution in [2.45, 2.75) is 64.6 Å². The van der Waals surface area contributed by atoms with Gasteiger partial charge in [-0.05, 0) is 40.0 Å². The molecule has 2 rings (SSSR count). The molecule has 0 aliphatic carbocycles. The van der Waals surface area contributed by atoms with Crippen molar-refractivity contribution in [2.75, 3.05) is 6.54 Å². The first-order chi connectivity index (χ1) is 9.59. The highest BCUT2D eigenvalue weighted by Crippen LogP contribution is 2.25. The van der Waals surface area contributed by atoms with E-state index in [0.29, 0.717) is 18.6 Å². The van der Waals surface area contributed by atoms with E-state index < -0.39 is 0 Å². The number of likely N-dealkylation sites (tertiary alicyclic amines) is 1. The molecule has 1 fully saturated rings. The molecule has 0 bridgehead atoms. The molecule has 2 heterocycles. The van der Waals surface area contributed by atoms with Crippen molar-refractivity contribution in [3.05, 3.63) is 12.2 Å². The number of rotatable bonds is 6. The lowest BCUT2D eigenvalue weighted by atomic mass is 10.2. The zero-order chi connectivity index (χ0) is 14.5. The Morgan fingerprint density at radius 2 is 2.20 bits per heavy atom. The van der Waals surface area contributed by atoms with Crippen LogP contribution in [-0.2, 0) is 11.2 Å². The average molecular weight is 279 g/mol. The van der Waals surface area contributed by atoms with Crippen LogP contribution in [0.15, 0.2) is 6.33 Å². The van der Waals surface area contributed by atoms with Crippen LogP contribution in [0, 0.1) is 0 Å². The van der Waals surface area contributed by atoms with Gasteiger partial charge >= 0.3 is 0 Å². The topological polar surface area (TPSA) is 73.9 Å². The Kier molecular flexibility index (Phi) is 5.11. The number of hydrogen-bond acceptors (Lipinski definition) is 4. The minimum Gasteiger partial charge on any atom is -0.355 e. The highest BCUT2D eigenvalue weighted by Gasteiger charge is 2.33. The third kappa shape index (κ3) is 3.56. The van der Waals surface area contributed by atoms with Crippen LogP contribution >= 0.6 is 0 Å². The summed E-state index contributed by atoms with van der Waals surface area (Å²) in [6.07, 6.45) is 5.56. The highest BCUT2D eigenvalue weighted by molar-refractivity contribution is 5.81. The van der Waals surface area contributed by atoms with E-state index in [4.69, 9.17) is 0 Å². The van der Waals surface area contributed by atoms with E-state index in [1.54, 1.807) is 0 Å². The van der Waals surface area contributed by atoms with Gasteiger partial charge in [-0.25, -0.2) is 4.98 Å². The molecule has 1 aliphatic rings. The van der Waals surface area contributed by atoms with Crippen LogP contribution in [0.1, 0.15) is 45.9 Å². The molecule has 0 spiro atoms. The number of nitrogens with one attached hydrogen (secondary N) is 2. The van der Waals surface area contributed by atoms with Crippen molar-refractivity contribution in [3.63, 3.8) is 0 Å². The standard InChI is InChI=1S/C14H25N5O/c1-10-6-7-11(2)19(10)12(3)14(20)15-8-4-5-13-16-9-17-18-13/h9-12H,4-8H2,1-3H3,(H,15,20)(H,16,17,18). The Bertz CT molecular complexity index is 409. The molecule has 1 saturated heterocycles. The number of hydrogen-bond donors (Lipinski definition) is 2. The van der Waals surface area contributed by atoms with Crippen molar-refractivity contribution in [1.29, 1.82) is 0 Å². The largest absolute Gasteiger partial charge is 0.355 e. The second-order valence-electron chi connectivity index (χ2n) is 5.73. The molecule has 0 aromatic carbocycles. The van der Waals surface area contributed by atoms with Crippen molar-refractivity contribution in [2.24, 2.45) is 0 Å². The first-order valence-electron chi connectivity index (χ1n) is 7.49. The van der Waals surface area contributed by atoms with Crippen LogP contribution in [0.5, 0.6) is 0 Å². The van der Waals surface area contributed by atoms with Gasteiger partial charge in [-0.3, -0.25) is 14.8 Å². The second-order valence-corrected chi connectivity index (χ2v) is 5.73. The summed E-state index contributed by atoms with van der Waals surface area (Å²) in [6.45, 7) is 7.10. The van der Waals surface area contributed by atoms with E-state index in [1.807, 2.05) is 6.92 Å². The minimum absolute atomic E-state index is 0.0484. The molecule has 6 nitrogen and oxygen atoms in total. The smallest absolute Gasteiger partial charge is 0.237 e. The lowest BCUT2D eigenvalue weighted by molar-refractivity contribution is -0.126. The predicted molar refractivity (Wildman–Crippen MR) is 77.2 cm³/mol. The maximum Gasteiger partial charge on any atom is 0.237 e. The number of aryl methyl sites for hydroxylation is 1. The number of carbonyl (C=O) groups is 1. The van der Waals surface area contributed by atoms with Crippen molar-refractivity contribution in [1.82, 2.24) is 25.4 Å². The SMILES string of the molecule is CC1CCC(C)N1C(C)C(=O)NCCCc1ncn[nH]1. The molecule has 1 aromatic rings. The Morgan fingerprint density at radius 1 is 1.50 bits per heavy atom. The summed E-state index contributed by atoms with van der Waals surface area (Å²) in [5.41, 5.74) is 0. The summed E-state index contributed by atoms with van der Waals surface area (Å²) < 4.78 is 0. The number of H-pyrrole nitrogens is 1. The van der Waals surface area contributed by atoms with Crippen molar-refractivity contribution >= 4 is 5.91 Å². The molecule has 1 amide bonds. The van der Waals surface area contributed by atoms with Gasteiger partial charge in [-0.1, -0.05) is 0 Å². The lowest BCUT2D eigenvalue weighted by Gasteiger charge is -2.31. The van der Waals surface area contributed by atoms with Gasteiger partial charge in [-0.15, -0.1) is 0 Å². The van der Waals surface area contributed by atoms with E-state index in [1.165, 1.54) is 19.2 Å². The average Bonchev–Trinajstić information content (AvgIpc) is 3.04. The van der Waals surface area contributed by atoms with Gasteiger partial charge in [0.25, 0.3) is 0 Å². The maximum absolute atomic E-state index is 12.2. The van der Waals surface area contributed by atoms with Gasteiger partial charge in [0.2, 0.25) is 5.91 Å². The minimum atomic E-state index is -0.0484. The summed E-state index contributed by atoms with van der Waals surface area (Å²) in [4.78, 5) is 18.6. The molecular formula is C14H25N5O. The van der Waals surface area contributed by atoms with Crippen LogP contribution in [0.3, 0.4) is 0 Å². The van der Waals surface area contributed by atoms with Gasteiger partial charge < -0.3 is 5.32 Å². The van der Waals surface area contributed by atoms with Gasteiger partial charge in [0.05, 0.1) is 6.04 Å². The fourth-order valence-electron chi connectivity index (χ4n) is 3.08. The third-order valence-corrected chi connectivity index (χ3v) is 4.20. The van der Waals surface area contributed by atoms with E-state index >= 15 is 0 Å². The number of aromatic amines is 1. The quantitative estimate of drug-likeness (QED) is 0.765. The van der Waals surface area contributed by atoms with Crippen LogP contribution < -0.4 is 5.32 Å². The maximum atomic E-state index is 12.2. The van der Waals surface area contributed by atoms with E-state index in [-0.39, 0.29) is 11.9 Å². The van der Waals surface area contributed by atoms with Gasteiger partial charge in [0, 0.05) is 25.0 Å². The third-order valence-electron chi connectivity index (χ3n) is 4.20. The molecule has 1 aliphatic heterocycles. The molecule has 1 aromatic heterocycles.